The van der Waals surface area contributed by atoms with Crippen LogP contribution in [0.4, 0.5) is 11.5 Å². The number of primary amides is 1. The normalized spacial score (nSPS) is 15.7. The van der Waals surface area contributed by atoms with Gasteiger partial charge in [-0.25, -0.2) is 9.67 Å². The van der Waals surface area contributed by atoms with Crippen molar-refractivity contribution in [1.29, 1.82) is 0 Å². The maximum absolute atomic E-state index is 13.0. The van der Waals surface area contributed by atoms with E-state index in [1.165, 1.54) is 0 Å². The number of benzene rings is 1. The number of carbonyl (C=O) groups is 2. The Kier molecular flexibility index (Phi) is 6.24. The van der Waals surface area contributed by atoms with Crippen LogP contribution in [0.1, 0.15) is 23.3 Å². The summed E-state index contributed by atoms with van der Waals surface area (Å²) in [6.07, 6.45) is 4.82. The lowest BCUT2D eigenvalue weighted by Crippen LogP contribution is -2.41. The minimum Gasteiger partial charge on any atom is -0.463 e. The fourth-order valence-electron chi connectivity index (χ4n) is 4.13. The number of carbonyl (C=O) groups excluding carboxylic acids is 2. The third-order valence-electron chi connectivity index (χ3n) is 5.94. The average molecular weight is 491 g/mol. The summed E-state index contributed by atoms with van der Waals surface area (Å²) >= 11 is 6.02. The SMILES string of the molecule is NC(=O)C1CCCN(c2ccc(NC(=O)c3cc(-c4ccco4)n(-c4ccc(Cl)cc4)n3)cn2)C1. The summed E-state index contributed by atoms with van der Waals surface area (Å²) in [5.74, 6) is 0.468. The molecule has 5 rings (SSSR count). The Balaban J connectivity index is 1.35. The van der Waals surface area contributed by atoms with Crippen LogP contribution in [-0.4, -0.2) is 39.7 Å². The van der Waals surface area contributed by atoms with Crippen LogP contribution in [0.5, 0.6) is 0 Å². The van der Waals surface area contributed by atoms with E-state index >= 15 is 0 Å². The van der Waals surface area contributed by atoms with E-state index in [4.69, 9.17) is 21.8 Å². The largest absolute Gasteiger partial charge is 0.463 e. The number of nitrogens with two attached hydrogens (primary N) is 1. The van der Waals surface area contributed by atoms with Crippen LogP contribution in [0.15, 0.2) is 71.5 Å². The van der Waals surface area contributed by atoms with Gasteiger partial charge in [0.25, 0.3) is 5.91 Å². The van der Waals surface area contributed by atoms with Gasteiger partial charge in [-0.1, -0.05) is 11.6 Å². The number of furan rings is 1. The maximum atomic E-state index is 13.0. The molecule has 3 aromatic heterocycles. The third kappa shape index (κ3) is 4.90. The molecule has 1 saturated heterocycles. The first-order chi connectivity index (χ1) is 17.0. The number of nitrogens with one attached hydrogen (secondary N) is 1. The van der Waals surface area contributed by atoms with Crippen molar-refractivity contribution in [3.05, 3.63) is 77.8 Å². The molecule has 0 spiro atoms. The fraction of sp³-hybridized carbons (Fsp3) is 0.200. The van der Waals surface area contributed by atoms with Gasteiger partial charge < -0.3 is 20.4 Å². The molecule has 1 unspecified atom stereocenters. The van der Waals surface area contributed by atoms with Gasteiger partial charge in [0, 0.05) is 24.2 Å². The van der Waals surface area contributed by atoms with Crippen molar-refractivity contribution in [2.24, 2.45) is 11.7 Å². The summed E-state index contributed by atoms with van der Waals surface area (Å²) in [6, 6.07) is 16.0. The molecule has 3 N–H and O–H groups in total. The lowest BCUT2D eigenvalue weighted by atomic mass is 9.97. The van der Waals surface area contributed by atoms with Gasteiger partial charge in [0.05, 0.1) is 29.8 Å². The molecule has 4 heterocycles. The highest BCUT2D eigenvalue weighted by molar-refractivity contribution is 6.30. The van der Waals surface area contributed by atoms with E-state index in [1.54, 1.807) is 53.5 Å². The van der Waals surface area contributed by atoms with E-state index in [0.717, 1.165) is 30.9 Å². The predicted molar refractivity (Wildman–Crippen MR) is 133 cm³/mol. The van der Waals surface area contributed by atoms with Crippen molar-refractivity contribution >= 4 is 34.9 Å². The minimum atomic E-state index is -0.383. The molecule has 1 aromatic carbocycles. The van der Waals surface area contributed by atoms with Gasteiger partial charge in [0.1, 0.15) is 11.5 Å². The Hall–Kier alpha value is -4.11. The van der Waals surface area contributed by atoms with Crippen LogP contribution in [0, 0.1) is 5.92 Å². The quantitative estimate of drug-likeness (QED) is 0.419. The zero-order valence-electron chi connectivity index (χ0n) is 18.7. The van der Waals surface area contributed by atoms with Crippen molar-refractivity contribution in [2.45, 2.75) is 12.8 Å². The van der Waals surface area contributed by atoms with E-state index < -0.39 is 0 Å². The van der Waals surface area contributed by atoms with Gasteiger partial charge in [-0.3, -0.25) is 9.59 Å². The van der Waals surface area contributed by atoms with Crippen molar-refractivity contribution < 1.29 is 14.0 Å². The van der Waals surface area contributed by atoms with Gasteiger partial charge >= 0.3 is 0 Å². The van der Waals surface area contributed by atoms with Crippen LogP contribution in [0.2, 0.25) is 5.02 Å². The molecule has 1 fully saturated rings. The second-order valence-electron chi connectivity index (χ2n) is 8.33. The predicted octanol–water partition coefficient (Wildman–Crippen LogP) is 4.13. The summed E-state index contributed by atoms with van der Waals surface area (Å²) in [7, 11) is 0. The number of anilines is 2. The molecule has 0 radical (unpaired) electrons. The molecule has 0 aliphatic carbocycles. The van der Waals surface area contributed by atoms with Crippen molar-refractivity contribution in [2.75, 3.05) is 23.3 Å². The molecule has 178 valence electrons. The number of piperidine rings is 1. The van der Waals surface area contributed by atoms with Gasteiger partial charge in [0.15, 0.2) is 11.5 Å². The zero-order valence-corrected chi connectivity index (χ0v) is 19.5. The van der Waals surface area contributed by atoms with Crippen molar-refractivity contribution in [3.8, 4) is 17.1 Å². The molecular formula is C25H23ClN6O3. The lowest BCUT2D eigenvalue weighted by Gasteiger charge is -2.32. The molecule has 1 aliphatic rings. The zero-order chi connectivity index (χ0) is 24.4. The molecule has 2 amide bonds. The first-order valence-corrected chi connectivity index (χ1v) is 11.6. The second-order valence-corrected chi connectivity index (χ2v) is 8.76. The molecule has 10 heteroatoms. The molecular weight excluding hydrogens is 468 g/mol. The summed E-state index contributed by atoms with van der Waals surface area (Å²) in [6.45, 7) is 1.35. The van der Waals surface area contributed by atoms with Crippen LogP contribution < -0.4 is 16.0 Å². The lowest BCUT2D eigenvalue weighted by molar-refractivity contribution is -0.122. The number of halogens is 1. The highest BCUT2D eigenvalue weighted by atomic mass is 35.5. The van der Waals surface area contributed by atoms with E-state index in [2.05, 4.69) is 15.4 Å². The third-order valence-corrected chi connectivity index (χ3v) is 6.19. The Morgan fingerprint density at radius 3 is 2.66 bits per heavy atom. The maximum Gasteiger partial charge on any atom is 0.276 e. The monoisotopic (exact) mass is 490 g/mol. The summed E-state index contributed by atoms with van der Waals surface area (Å²) < 4.78 is 7.18. The molecule has 0 saturated carbocycles. The van der Waals surface area contributed by atoms with Gasteiger partial charge in [0.2, 0.25) is 5.91 Å². The standard InChI is InChI=1S/C25H23ClN6O3/c26-17-5-8-19(9-6-17)32-21(22-4-2-12-35-22)13-20(30-32)25(34)29-18-7-10-23(28-14-18)31-11-1-3-16(15-31)24(27)33/h2,4-10,12-14,16H,1,3,11,15H2,(H2,27,33)(H,29,34). The van der Waals surface area contributed by atoms with E-state index in [0.29, 0.717) is 28.7 Å². The summed E-state index contributed by atoms with van der Waals surface area (Å²) in [5.41, 5.74) is 7.59. The summed E-state index contributed by atoms with van der Waals surface area (Å²) in [5, 5.41) is 7.95. The molecule has 9 nitrogen and oxygen atoms in total. The van der Waals surface area contributed by atoms with Gasteiger partial charge in [-0.05, 0) is 61.4 Å². The second kappa shape index (κ2) is 9.63. The number of amides is 2. The van der Waals surface area contributed by atoms with Crippen LogP contribution in [-0.2, 0) is 4.79 Å². The number of nitrogens with zero attached hydrogens (tertiary/aromatic N) is 4. The van der Waals surface area contributed by atoms with E-state index in [-0.39, 0.29) is 23.4 Å². The molecule has 4 aromatic rings. The number of pyridine rings is 1. The Morgan fingerprint density at radius 1 is 1.14 bits per heavy atom. The number of aromatic nitrogens is 3. The Morgan fingerprint density at radius 2 is 1.97 bits per heavy atom. The average Bonchev–Trinajstić information content (AvgIpc) is 3.55. The van der Waals surface area contributed by atoms with E-state index in [9.17, 15) is 9.59 Å². The van der Waals surface area contributed by atoms with E-state index in [1.807, 2.05) is 23.1 Å². The first-order valence-electron chi connectivity index (χ1n) is 11.2. The molecule has 35 heavy (non-hydrogen) atoms. The van der Waals surface area contributed by atoms with Crippen molar-refractivity contribution in [1.82, 2.24) is 14.8 Å². The Labute approximate surface area is 206 Å². The molecule has 1 atom stereocenters. The van der Waals surface area contributed by atoms with Crippen LogP contribution in [0.3, 0.4) is 0 Å². The number of hydrogen-bond donors (Lipinski definition) is 2. The fourth-order valence-corrected chi connectivity index (χ4v) is 4.26. The van der Waals surface area contributed by atoms with Crippen LogP contribution >= 0.6 is 11.6 Å². The highest BCUT2D eigenvalue weighted by Gasteiger charge is 2.25. The number of hydrogen-bond acceptors (Lipinski definition) is 6. The molecule has 0 bridgehead atoms. The van der Waals surface area contributed by atoms with Crippen LogP contribution in [0.25, 0.3) is 17.1 Å². The molecule has 1 aliphatic heterocycles. The minimum absolute atomic E-state index is 0.177. The van der Waals surface area contributed by atoms with Gasteiger partial charge in [-0.15, -0.1) is 0 Å². The van der Waals surface area contributed by atoms with Crippen molar-refractivity contribution in [3.63, 3.8) is 0 Å². The highest BCUT2D eigenvalue weighted by Crippen LogP contribution is 2.26. The number of rotatable bonds is 6. The smallest absolute Gasteiger partial charge is 0.276 e. The first kappa shape index (κ1) is 22.7. The Bertz CT molecular complexity index is 1330. The topological polar surface area (TPSA) is 119 Å². The summed E-state index contributed by atoms with van der Waals surface area (Å²) in [4.78, 5) is 31.1. The van der Waals surface area contributed by atoms with Gasteiger partial charge in [-0.2, -0.15) is 5.10 Å².